The van der Waals surface area contributed by atoms with Gasteiger partial charge in [0.15, 0.2) is 11.6 Å². The number of nitrogens with zero attached hydrogens (tertiary/aromatic N) is 2. The van der Waals surface area contributed by atoms with Crippen LogP contribution in [0.1, 0.15) is 56.6 Å². The summed E-state index contributed by atoms with van der Waals surface area (Å²) in [4.78, 5) is 21.4. The Balaban J connectivity index is 2.21. The number of nitrogens with one attached hydrogen (secondary N) is 1. The molecule has 4 nitrogen and oxygen atoms in total. The van der Waals surface area contributed by atoms with E-state index >= 15 is 0 Å². The maximum Gasteiger partial charge on any atom is 0.251 e. The molecule has 1 N–H and O–H groups in total. The van der Waals surface area contributed by atoms with Gasteiger partial charge in [-0.15, -0.1) is 0 Å². The van der Waals surface area contributed by atoms with Crippen molar-refractivity contribution in [1.82, 2.24) is 15.3 Å². The summed E-state index contributed by atoms with van der Waals surface area (Å²) in [6.07, 6.45) is 3.20. The van der Waals surface area contributed by atoms with Crippen LogP contribution in [0.3, 0.4) is 0 Å². The Kier molecular flexibility index (Phi) is 5.97. The van der Waals surface area contributed by atoms with Crippen molar-refractivity contribution in [1.29, 1.82) is 0 Å². The molecule has 3 aromatic rings. The Morgan fingerprint density at radius 2 is 1.67 bits per heavy atom. The third-order valence-corrected chi connectivity index (χ3v) is 4.54. The first kappa shape index (κ1) is 21.6. The predicted octanol–water partition coefficient (Wildman–Crippen LogP) is 5.74. The smallest absolute Gasteiger partial charge is 0.251 e. The molecule has 6 heteroatoms. The Hall–Kier alpha value is -3.15. The van der Waals surface area contributed by atoms with Gasteiger partial charge in [0.2, 0.25) is 0 Å². The van der Waals surface area contributed by atoms with Crippen molar-refractivity contribution < 1.29 is 13.6 Å². The highest BCUT2D eigenvalue weighted by Crippen LogP contribution is 2.32. The number of carbonyl (C=O) groups excluding carboxylic acids is 1. The predicted molar refractivity (Wildman–Crippen MR) is 114 cm³/mol. The number of aromatic nitrogens is 2. The van der Waals surface area contributed by atoms with E-state index in [4.69, 9.17) is 0 Å². The fourth-order valence-electron chi connectivity index (χ4n) is 3.19. The van der Waals surface area contributed by atoms with Crippen molar-refractivity contribution in [3.05, 3.63) is 71.8 Å². The first-order valence-corrected chi connectivity index (χ1v) is 9.78. The summed E-state index contributed by atoms with van der Waals surface area (Å²) in [5.41, 5.74) is 3.44. The van der Waals surface area contributed by atoms with Gasteiger partial charge in [-0.05, 0) is 73.7 Å². The van der Waals surface area contributed by atoms with E-state index in [2.05, 4.69) is 15.3 Å². The van der Waals surface area contributed by atoms with E-state index in [0.717, 1.165) is 29.0 Å². The van der Waals surface area contributed by atoms with Crippen molar-refractivity contribution in [3.63, 3.8) is 0 Å². The summed E-state index contributed by atoms with van der Waals surface area (Å²) in [6, 6.07) is 8.99. The third kappa shape index (κ3) is 4.87. The van der Waals surface area contributed by atoms with Crippen LogP contribution in [0.5, 0.6) is 0 Å². The van der Waals surface area contributed by atoms with Gasteiger partial charge >= 0.3 is 0 Å². The van der Waals surface area contributed by atoms with Gasteiger partial charge in [0.1, 0.15) is 6.33 Å². The van der Waals surface area contributed by atoms with E-state index in [1.807, 2.05) is 40.7 Å². The molecule has 0 aliphatic heterocycles. The summed E-state index contributed by atoms with van der Waals surface area (Å²) in [7, 11) is 0. The monoisotopic (exact) mass is 409 g/mol. The molecule has 1 amide bonds. The molecule has 30 heavy (non-hydrogen) atoms. The lowest BCUT2D eigenvalue weighted by atomic mass is 9.93. The molecule has 1 heterocycles. The second-order valence-corrected chi connectivity index (χ2v) is 8.61. The van der Waals surface area contributed by atoms with Crippen LogP contribution >= 0.6 is 0 Å². The first-order valence-electron chi connectivity index (χ1n) is 9.78. The van der Waals surface area contributed by atoms with Crippen LogP contribution in [0, 0.1) is 11.6 Å². The molecular weight excluding hydrogens is 384 g/mol. The molecule has 0 aliphatic carbocycles. The number of halogens is 2. The van der Waals surface area contributed by atoms with Gasteiger partial charge in [-0.3, -0.25) is 4.79 Å². The van der Waals surface area contributed by atoms with Gasteiger partial charge in [0.25, 0.3) is 5.91 Å². The van der Waals surface area contributed by atoms with Crippen LogP contribution < -0.4 is 5.32 Å². The van der Waals surface area contributed by atoms with Crippen molar-refractivity contribution in [2.24, 2.45) is 0 Å². The lowest BCUT2D eigenvalue weighted by Gasteiger charge is -2.21. The number of carbonyl (C=O) groups is 1. The lowest BCUT2D eigenvalue weighted by Crippen LogP contribution is -2.40. The van der Waals surface area contributed by atoms with E-state index in [1.54, 1.807) is 18.3 Å². The molecule has 3 rings (SSSR count). The molecule has 0 bridgehead atoms. The van der Waals surface area contributed by atoms with E-state index < -0.39 is 17.2 Å². The Morgan fingerprint density at radius 1 is 0.967 bits per heavy atom. The Morgan fingerprint density at radius 3 is 2.30 bits per heavy atom. The van der Waals surface area contributed by atoms with Gasteiger partial charge in [-0.1, -0.05) is 19.9 Å². The molecule has 0 saturated carbocycles. The molecular formula is C24H25F2N3O. The van der Waals surface area contributed by atoms with Crippen molar-refractivity contribution >= 4 is 5.91 Å². The average molecular weight is 409 g/mol. The Labute approximate surface area is 175 Å². The fraction of sp³-hybridized carbons (Fsp3) is 0.292. The summed E-state index contributed by atoms with van der Waals surface area (Å²) in [5.74, 6) is -1.97. The van der Waals surface area contributed by atoms with Crippen LogP contribution in [-0.2, 0) is 0 Å². The van der Waals surface area contributed by atoms with Gasteiger partial charge in [-0.2, -0.15) is 0 Å². The van der Waals surface area contributed by atoms with Crippen LogP contribution in [0.4, 0.5) is 8.78 Å². The van der Waals surface area contributed by atoms with Gasteiger partial charge in [0.05, 0.1) is 5.69 Å². The van der Waals surface area contributed by atoms with Crippen LogP contribution in [0.2, 0.25) is 0 Å². The van der Waals surface area contributed by atoms with Crippen LogP contribution in [-0.4, -0.2) is 21.4 Å². The number of amides is 1. The molecule has 156 valence electrons. The first-order chi connectivity index (χ1) is 14.0. The summed E-state index contributed by atoms with van der Waals surface area (Å²) >= 11 is 0. The maximum atomic E-state index is 13.9. The average Bonchev–Trinajstić information content (AvgIpc) is 2.68. The zero-order chi connectivity index (χ0) is 22.1. The second-order valence-electron chi connectivity index (χ2n) is 8.61. The maximum absolute atomic E-state index is 13.9. The minimum Gasteiger partial charge on any atom is -0.347 e. The summed E-state index contributed by atoms with van der Waals surface area (Å²) in [6.45, 7) is 9.74. The van der Waals surface area contributed by atoms with Crippen molar-refractivity contribution in [2.75, 3.05) is 0 Å². The van der Waals surface area contributed by atoms with Gasteiger partial charge in [0, 0.05) is 22.9 Å². The quantitative estimate of drug-likeness (QED) is 0.598. The molecule has 0 saturated heterocycles. The number of hydrogen-bond donors (Lipinski definition) is 1. The Bertz CT molecular complexity index is 1090. The van der Waals surface area contributed by atoms with Crippen LogP contribution in [0.25, 0.3) is 22.3 Å². The molecule has 0 unspecified atom stereocenters. The van der Waals surface area contributed by atoms with Gasteiger partial charge in [-0.25, -0.2) is 18.7 Å². The number of benzene rings is 2. The zero-order valence-corrected chi connectivity index (χ0v) is 17.8. The largest absolute Gasteiger partial charge is 0.347 e. The molecule has 2 aromatic carbocycles. The van der Waals surface area contributed by atoms with E-state index in [1.165, 1.54) is 12.4 Å². The highest BCUT2D eigenvalue weighted by Gasteiger charge is 2.19. The molecule has 0 atom stereocenters. The molecule has 0 spiro atoms. The van der Waals surface area contributed by atoms with Gasteiger partial charge < -0.3 is 5.32 Å². The SMILES string of the molecule is CC(C)c1ncncc1-c1cc(C(=O)NC(C)(C)C)cc(-c2ccc(F)c(F)c2)c1. The van der Waals surface area contributed by atoms with Crippen LogP contribution in [0.15, 0.2) is 48.9 Å². The number of rotatable bonds is 4. The zero-order valence-electron chi connectivity index (χ0n) is 17.8. The topological polar surface area (TPSA) is 54.9 Å². The highest BCUT2D eigenvalue weighted by molar-refractivity contribution is 5.97. The van der Waals surface area contributed by atoms with Crippen molar-refractivity contribution in [2.45, 2.75) is 46.1 Å². The lowest BCUT2D eigenvalue weighted by molar-refractivity contribution is 0.0919. The summed E-state index contributed by atoms with van der Waals surface area (Å²) in [5, 5.41) is 2.95. The van der Waals surface area contributed by atoms with E-state index in [-0.39, 0.29) is 11.8 Å². The highest BCUT2D eigenvalue weighted by atomic mass is 19.2. The fourth-order valence-corrected chi connectivity index (χ4v) is 3.19. The normalized spacial score (nSPS) is 11.6. The number of hydrogen-bond acceptors (Lipinski definition) is 3. The van der Waals surface area contributed by atoms with E-state index in [9.17, 15) is 13.6 Å². The minimum atomic E-state index is -0.940. The molecule has 0 fully saturated rings. The second kappa shape index (κ2) is 8.30. The molecule has 0 radical (unpaired) electrons. The minimum absolute atomic E-state index is 0.141. The molecule has 0 aliphatic rings. The third-order valence-electron chi connectivity index (χ3n) is 4.54. The summed E-state index contributed by atoms with van der Waals surface area (Å²) < 4.78 is 27.3. The molecule has 1 aromatic heterocycles. The van der Waals surface area contributed by atoms with E-state index in [0.29, 0.717) is 16.7 Å². The standard InChI is InChI=1S/C24H25F2N3O/c1-14(2)22-19(12-27-13-28-22)17-8-16(15-6-7-20(25)21(26)11-15)9-18(10-17)23(30)29-24(3,4)5/h6-14H,1-5H3,(H,29,30). The van der Waals surface area contributed by atoms with Crippen molar-refractivity contribution in [3.8, 4) is 22.3 Å².